The van der Waals surface area contributed by atoms with Crippen molar-refractivity contribution in [3.8, 4) is 17.2 Å². The summed E-state index contributed by atoms with van der Waals surface area (Å²) in [5, 5.41) is 2.87. The minimum absolute atomic E-state index is 0.0105. The molecule has 0 radical (unpaired) electrons. The molecular weight excluding hydrogens is 422 g/mol. The number of carbonyl (C=O) groups is 2. The smallest absolute Gasteiger partial charge is 0.322 e. The zero-order chi connectivity index (χ0) is 24.0. The second kappa shape index (κ2) is 10.9. The topological polar surface area (TPSA) is 80.3 Å². The van der Waals surface area contributed by atoms with Gasteiger partial charge in [-0.15, -0.1) is 0 Å². The van der Waals surface area contributed by atoms with Gasteiger partial charge in [0, 0.05) is 24.8 Å². The SMILES string of the molecule is CCCN(CC(=O)N1CCc2cc(OC)c(OC)cc2C1C)C(=O)Nc1cccc(OC)c1. The van der Waals surface area contributed by atoms with E-state index in [9.17, 15) is 9.59 Å². The molecule has 0 saturated carbocycles. The lowest BCUT2D eigenvalue weighted by atomic mass is 9.92. The summed E-state index contributed by atoms with van der Waals surface area (Å²) in [6, 6.07) is 10.6. The highest BCUT2D eigenvalue weighted by atomic mass is 16.5. The predicted molar refractivity (Wildman–Crippen MR) is 127 cm³/mol. The van der Waals surface area contributed by atoms with Gasteiger partial charge in [-0.3, -0.25) is 4.79 Å². The van der Waals surface area contributed by atoms with Gasteiger partial charge in [0.1, 0.15) is 12.3 Å². The summed E-state index contributed by atoms with van der Waals surface area (Å²) in [6.45, 7) is 5.06. The Bertz CT molecular complexity index is 994. The molecule has 1 atom stereocenters. The number of hydrogen-bond donors (Lipinski definition) is 1. The van der Waals surface area contributed by atoms with Gasteiger partial charge < -0.3 is 29.3 Å². The number of rotatable bonds is 8. The van der Waals surface area contributed by atoms with E-state index < -0.39 is 0 Å². The van der Waals surface area contributed by atoms with Crippen molar-refractivity contribution in [1.82, 2.24) is 9.80 Å². The first-order chi connectivity index (χ1) is 15.9. The van der Waals surface area contributed by atoms with Gasteiger partial charge in [-0.25, -0.2) is 4.79 Å². The number of hydrogen-bond acceptors (Lipinski definition) is 5. The third kappa shape index (κ3) is 5.50. The largest absolute Gasteiger partial charge is 0.497 e. The first-order valence-corrected chi connectivity index (χ1v) is 11.2. The molecule has 1 unspecified atom stereocenters. The lowest BCUT2D eigenvalue weighted by Crippen LogP contribution is -2.47. The Morgan fingerprint density at radius 2 is 1.82 bits per heavy atom. The van der Waals surface area contributed by atoms with Crippen molar-refractivity contribution < 1.29 is 23.8 Å². The molecule has 0 aliphatic carbocycles. The molecule has 178 valence electrons. The summed E-state index contributed by atoms with van der Waals surface area (Å²) in [6.07, 6.45) is 1.46. The van der Waals surface area contributed by atoms with Crippen molar-refractivity contribution in [3.63, 3.8) is 0 Å². The molecule has 33 heavy (non-hydrogen) atoms. The first kappa shape index (κ1) is 24.2. The molecule has 0 fully saturated rings. The Balaban J connectivity index is 1.73. The molecule has 1 heterocycles. The average Bonchev–Trinajstić information content (AvgIpc) is 2.83. The second-order valence-corrected chi connectivity index (χ2v) is 8.00. The molecule has 1 N–H and O–H groups in total. The highest BCUT2D eigenvalue weighted by molar-refractivity contribution is 5.92. The molecule has 8 heteroatoms. The number of urea groups is 1. The Hall–Kier alpha value is -3.42. The maximum absolute atomic E-state index is 13.3. The summed E-state index contributed by atoms with van der Waals surface area (Å²) < 4.78 is 16.1. The van der Waals surface area contributed by atoms with Crippen molar-refractivity contribution in [2.75, 3.05) is 46.3 Å². The summed E-state index contributed by atoms with van der Waals surface area (Å²) in [7, 11) is 4.79. The third-order valence-electron chi connectivity index (χ3n) is 5.93. The number of amides is 3. The number of carbonyl (C=O) groups excluding carboxylic acids is 2. The van der Waals surface area contributed by atoms with Crippen LogP contribution in [0.4, 0.5) is 10.5 Å². The third-order valence-corrected chi connectivity index (χ3v) is 5.93. The van der Waals surface area contributed by atoms with E-state index in [2.05, 4.69) is 5.32 Å². The molecule has 1 aliphatic heterocycles. The van der Waals surface area contributed by atoms with Gasteiger partial charge in [-0.05, 0) is 55.2 Å². The summed E-state index contributed by atoms with van der Waals surface area (Å²) >= 11 is 0. The fraction of sp³-hybridized carbons (Fsp3) is 0.440. The number of benzene rings is 2. The van der Waals surface area contributed by atoms with Crippen molar-refractivity contribution in [1.29, 1.82) is 0 Å². The molecule has 8 nitrogen and oxygen atoms in total. The first-order valence-electron chi connectivity index (χ1n) is 11.2. The van der Waals surface area contributed by atoms with E-state index in [1.54, 1.807) is 44.4 Å². The number of nitrogens with zero attached hydrogens (tertiary/aromatic N) is 2. The molecule has 0 aromatic heterocycles. The number of methoxy groups -OCH3 is 3. The molecule has 3 amide bonds. The lowest BCUT2D eigenvalue weighted by molar-refractivity contribution is -0.134. The van der Waals surface area contributed by atoms with Crippen LogP contribution in [-0.2, 0) is 11.2 Å². The van der Waals surface area contributed by atoms with Crippen molar-refractivity contribution >= 4 is 17.6 Å². The van der Waals surface area contributed by atoms with E-state index in [-0.39, 0.29) is 24.5 Å². The Morgan fingerprint density at radius 1 is 1.09 bits per heavy atom. The average molecular weight is 456 g/mol. The van der Waals surface area contributed by atoms with Crippen LogP contribution in [0.3, 0.4) is 0 Å². The molecule has 0 spiro atoms. The normalized spacial score (nSPS) is 14.8. The molecule has 2 aromatic carbocycles. The quantitative estimate of drug-likeness (QED) is 0.648. The van der Waals surface area contributed by atoms with Crippen molar-refractivity contribution in [3.05, 3.63) is 47.5 Å². The maximum Gasteiger partial charge on any atom is 0.322 e. The number of nitrogens with one attached hydrogen (secondary N) is 1. The lowest BCUT2D eigenvalue weighted by Gasteiger charge is -2.37. The Labute approximate surface area is 195 Å². The van der Waals surface area contributed by atoms with Gasteiger partial charge in [0.2, 0.25) is 5.91 Å². The van der Waals surface area contributed by atoms with E-state index in [0.717, 1.165) is 24.0 Å². The summed E-state index contributed by atoms with van der Waals surface area (Å²) in [5.41, 5.74) is 2.80. The van der Waals surface area contributed by atoms with Crippen molar-refractivity contribution in [2.24, 2.45) is 0 Å². The summed E-state index contributed by atoms with van der Waals surface area (Å²) in [4.78, 5) is 29.6. The van der Waals surface area contributed by atoms with Gasteiger partial charge in [0.05, 0.1) is 27.4 Å². The van der Waals surface area contributed by atoms with Crippen LogP contribution in [0.25, 0.3) is 0 Å². The number of fused-ring (bicyclic) bond motifs is 1. The minimum atomic E-state index is -0.310. The molecule has 3 rings (SSSR count). The van der Waals surface area contributed by atoms with E-state index >= 15 is 0 Å². The Kier molecular flexibility index (Phi) is 8.03. The van der Waals surface area contributed by atoms with E-state index in [1.165, 1.54) is 0 Å². The van der Waals surface area contributed by atoms with Crippen LogP contribution in [0, 0.1) is 0 Å². The van der Waals surface area contributed by atoms with Crippen molar-refractivity contribution in [2.45, 2.75) is 32.7 Å². The summed E-state index contributed by atoms with van der Waals surface area (Å²) in [5.74, 6) is 1.89. The van der Waals surface area contributed by atoms with Gasteiger partial charge in [0.15, 0.2) is 11.5 Å². The maximum atomic E-state index is 13.3. The fourth-order valence-corrected chi connectivity index (χ4v) is 4.17. The van der Waals surface area contributed by atoms with Gasteiger partial charge in [-0.1, -0.05) is 13.0 Å². The highest BCUT2D eigenvalue weighted by Gasteiger charge is 2.30. The van der Waals surface area contributed by atoms with Crippen LogP contribution in [-0.4, -0.2) is 62.7 Å². The van der Waals surface area contributed by atoms with E-state index in [4.69, 9.17) is 14.2 Å². The fourth-order valence-electron chi connectivity index (χ4n) is 4.17. The molecule has 2 aromatic rings. The van der Waals surface area contributed by atoms with Crippen LogP contribution in [0.2, 0.25) is 0 Å². The molecule has 0 bridgehead atoms. The monoisotopic (exact) mass is 455 g/mol. The van der Waals surface area contributed by atoms with E-state index in [1.807, 2.05) is 36.9 Å². The molecule has 0 saturated heterocycles. The van der Waals surface area contributed by atoms with Crippen LogP contribution in [0.5, 0.6) is 17.2 Å². The zero-order valence-electron chi connectivity index (χ0n) is 20.0. The van der Waals surface area contributed by atoms with Crippen LogP contribution in [0.1, 0.15) is 37.4 Å². The van der Waals surface area contributed by atoms with Crippen LogP contribution < -0.4 is 19.5 Å². The van der Waals surface area contributed by atoms with Gasteiger partial charge in [0.25, 0.3) is 0 Å². The van der Waals surface area contributed by atoms with Gasteiger partial charge >= 0.3 is 6.03 Å². The minimum Gasteiger partial charge on any atom is -0.497 e. The molecular formula is C25H33N3O5. The standard InChI is InChI=1S/C25H33N3O5/c1-6-11-27(25(30)26-19-8-7-9-20(14-19)31-3)16-24(29)28-12-10-18-13-22(32-4)23(33-5)15-21(18)17(28)2/h7-9,13-15,17H,6,10-12,16H2,1-5H3,(H,26,30). The molecule has 1 aliphatic rings. The van der Waals surface area contributed by atoms with Crippen LogP contribution >= 0.6 is 0 Å². The van der Waals surface area contributed by atoms with Gasteiger partial charge in [-0.2, -0.15) is 0 Å². The number of anilines is 1. The highest BCUT2D eigenvalue weighted by Crippen LogP contribution is 2.38. The second-order valence-electron chi connectivity index (χ2n) is 8.00. The zero-order valence-corrected chi connectivity index (χ0v) is 20.0. The van der Waals surface area contributed by atoms with Crippen LogP contribution in [0.15, 0.2) is 36.4 Å². The number of ether oxygens (including phenoxy) is 3. The van der Waals surface area contributed by atoms with E-state index in [0.29, 0.717) is 36.0 Å². The predicted octanol–water partition coefficient (Wildman–Crippen LogP) is 4.10. The Morgan fingerprint density at radius 3 is 2.48 bits per heavy atom.